The maximum Gasteiger partial charge on any atom is 0.415 e. The van der Waals surface area contributed by atoms with Crippen molar-refractivity contribution in [3.63, 3.8) is 0 Å². The van der Waals surface area contributed by atoms with Gasteiger partial charge >= 0.3 is 12.2 Å². The number of hydrogen-bond donors (Lipinski definition) is 2. The average molecular weight is 312 g/mol. The number of aromatic nitrogens is 2. The molecule has 2 N–H and O–H groups in total. The van der Waals surface area contributed by atoms with Gasteiger partial charge < -0.3 is 5.32 Å². The SMILES string of the molecule is Cn1ccc(NC(=O)NC(C)(c2ccccc2)C(F)(F)F)n1. The Morgan fingerprint density at radius 3 is 2.32 bits per heavy atom. The highest BCUT2D eigenvalue weighted by Gasteiger charge is 2.53. The van der Waals surface area contributed by atoms with Crippen molar-refractivity contribution in [1.82, 2.24) is 15.1 Å². The van der Waals surface area contributed by atoms with Crippen LogP contribution in [-0.4, -0.2) is 22.0 Å². The molecule has 0 radical (unpaired) electrons. The van der Waals surface area contributed by atoms with Crippen LogP contribution in [0.4, 0.5) is 23.8 Å². The first-order valence-corrected chi connectivity index (χ1v) is 6.43. The Balaban J connectivity index is 2.22. The lowest BCUT2D eigenvalue weighted by Crippen LogP contribution is -2.55. The minimum Gasteiger partial charge on any atom is -0.320 e. The Hall–Kier alpha value is -2.51. The molecule has 0 spiro atoms. The van der Waals surface area contributed by atoms with Gasteiger partial charge in [0.05, 0.1) is 0 Å². The molecular formula is C14H15F3N4O. The van der Waals surface area contributed by atoms with Gasteiger partial charge in [-0.15, -0.1) is 0 Å². The van der Waals surface area contributed by atoms with E-state index in [1.54, 1.807) is 19.3 Å². The van der Waals surface area contributed by atoms with Crippen LogP contribution in [0.2, 0.25) is 0 Å². The first kappa shape index (κ1) is 15.9. The second kappa shape index (κ2) is 5.70. The number of amides is 2. The molecule has 2 aromatic rings. The van der Waals surface area contributed by atoms with Gasteiger partial charge in [-0.1, -0.05) is 30.3 Å². The standard InChI is InChI=1S/C14H15F3N4O/c1-13(14(15,16)17,10-6-4-3-5-7-10)19-12(22)18-11-8-9-21(2)20-11/h3-9H,1-2H3,(H2,18,19,20,22). The fourth-order valence-electron chi connectivity index (χ4n) is 1.93. The molecule has 0 fully saturated rings. The van der Waals surface area contributed by atoms with Crippen LogP contribution in [0.25, 0.3) is 0 Å². The third-order valence-corrected chi connectivity index (χ3v) is 3.24. The molecule has 1 aromatic carbocycles. The lowest BCUT2D eigenvalue weighted by Gasteiger charge is -2.33. The largest absolute Gasteiger partial charge is 0.415 e. The van der Waals surface area contributed by atoms with Crippen molar-refractivity contribution in [1.29, 1.82) is 0 Å². The van der Waals surface area contributed by atoms with Gasteiger partial charge in [0.2, 0.25) is 0 Å². The zero-order valence-electron chi connectivity index (χ0n) is 12.0. The van der Waals surface area contributed by atoms with Crippen LogP contribution in [0.15, 0.2) is 42.6 Å². The quantitative estimate of drug-likeness (QED) is 0.915. The lowest BCUT2D eigenvalue weighted by atomic mass is 9.91. The molecule has 22 heavy (non-hydrogen) atoms. The summed E-state index contributed by atoms with van der Waals surface area (Å²) in [5.74, 6) is 0.164. The van der Waals surface area contributed by atoms with Gasteiger partial charge in [-0.25, -0.2) is 4.79 Å². The summed E-state index contributed by atoms with van der Waals surface area (Å²) in [7, 11) is 1.63. The molecule has 0 saturated carbocycles. The Labute approximate surface area is 125 Å². The van der Waals surface area contributed by atoms with Crippen molar-refractivity contribution in [2.24, 2.45) is 7.05 Å². The Morgan fingerprint density at radius 1 is 1.18 bits per heavy atom. The van der Waals surface area contributed by atoms with Crippen molar-refractivity contribution >= 4 is 11.8 Å². The molecule has 1 aromatic heterocycles. The van der Waals surface area contributed by atoms with E-state index in [1.807, 2.05) is 5.32 Å². The molecule has 1 unspecified atom stereocenters. The van der Waals surface area contributed by atoms with Crippen molar-refractivity contribution in [3.8, 4) is 0 Å². The minimum absolute atomic E-state index is 0.0568. The van der Waals surface area contributed by atoms with E-state index < -0.39 is 17.7 Å². The normalized spacial score (nSPS) is 14.2. The number of carbonyl (C=O) groups is 1. The van der Waals surface area contributed by atoms with Crippen LogP contribution < -0.4 is 10.6 Å². The summed E-state index contributed by atoms with van der Waals surface area (Å²) in [4.78, 5) is 11.9. The molecule has 2 amide bonds. The van der Waals surface area contributed by atoms with E-state index in [9.17, 15) is 18.0 Å². The summed E-state index contributed by atoms with van der Waals surface area (Å²) in [6.45, 7) is 0.917. The molecular weight excluding hydrogens is 297 g/mol. The number of halogens is 3. The number of rotatable bonds is 3. The first-order valence-electron chi connectivity index (χ1n) is 6.43. The Bertz CT molecular complexity index is 654. The predicted octanol–water partition coefficient (Wildman–Crippen LogP) is 3.02. The van der Waals surface area contributed by atoms with E-state index >= 15 is 0 Å². The Kier molecular flexibility index (Phi) is 4.11. The van der Waals surface area contributed by atoms with Crippen LogP contribution >= 0.6 is 0 Å². The predicted molar refractivity (Wildman–Crippen MR) is 75.2 cm³/mol. The van der Waals surface area contributed by atoms with Gasteiger partial charge in [0, 0.05) is 19.3 Å². The fourth-order valence-corrected chi connectivity index (χ4v) is 1.93. The summed E-state index contributed by atoms with van der Waals surface area (Å²) in [6, 6.07) is 7.70. The number of nitrogens with zero attached hydrogens (tertiary/aromatic N) is 2. The molecule has 1 heterocycles. The highest BCUT2D eigenvalue weighted by atomic mass is 19.4. The van der Waals surface area contributed by atoms with Crippen LogP contribution in [-0.2, 0) is 12.6 Å². The number of hydrogen-bond acceptors (Lipinski definition) is 2. The molecule has 2 rings (SSSR count). The second-order valence-corrected chi connectivity index (χ2v) is 4.94. The smallest absolute Gasteiger partial charge is 0.320 e. The zero-order chi connectivity index (χ0) is 16.4. The summed E-state index contributed by atoms with van der Waals surface area (Å²) < 4.78 is 41.7. The summed E-state index contributed by atoms with van der Waals surface area (Å²) in [5.41, 5.74) is -2.56. The van der Waals surface area contributed by atoms with E-state index in [1.165, 1.54) is 35.0 Å². The summed E-state index contributed by atoms with van der Waals surface area (Å²) in [6.07, 6.45) is -3.09. The van der Waals surface area contributed by atoms with Crippen LogP contribution in [0.1, 0.15) is 12.5 Å². The molecule has 0 bridgehead atoms. The van der Waals surface area contributed by atoms with Crippen LogP contribution in [0.5, 0.6) is 0 Å². The summed E-state index contributed by atoms with van der Waals surface area (Å²) in [5, 5.41) is 8.14. The first-order chi connectivity index (χ1) is 10.2. The van der Waals surface area contributed by atoms with E-state index in [4.69, 9.17) is 0 Å². The van der Waals surface area contributed by atoms with Crippen molar-refractivity contribution < 1.29 is 18.0 Å². The van der Waals surface area contributed by atoms with E-state index in [2.05, 4.69) is 10.4 Å². The van der Waals surface area contributed by atoms with Gasteiger partial charge in [-0.2, -0.15) is 18.3 Å². The van der Waals surface area contributed by atoms with Crippen molar-refractivity contribution in [2.45, 2.75) is 18.6 Å². The maximum absolute atomic E-state index is 13.4. The van der Waals surface area contributed by atoms with Gasteiger partial charge in [0.25, 0.3) is 0 Å². The molecule has 5 nitrogen and oxygen atoms in total. The van der Waals surface area contributed by atoms with Gasteiger partial charge in [0.15, 0.2) is 11.4 Å². The average Bonchev–Trinajstić information content (AvgIpc) is 2.83. The highest BCUT2D eigenvalue weighted by Crippen LogP contribution is 2.38. The second-order valence-electron chi connectivity index (χ2n) is 4.94. The number of nitrogens with one attached hydrogen (secondary N) is 2. The van der Waals surface area contributed by atoms with Gasteiger partial charge in [0.1, 0.15) is 0 Å². The Morgan fingerprint density at radius 2 is 1.82 bits per heavy atom. The molecule has 0 aliphatic heterocycles. The molecule has 118 valence electrons. The number of aryl methyl sites for hydroxylation is 1. The van der Waals surface area contributed by atoms with Crippen LogP contribution in [0, 0.1) is 0 Å². The monoisotopic (exact) mass is 312 g/mol. The fraction of sp³-hybridized carbons (Fsp3) is 0.286. The van der Waals surface area contributed by atoms with Gasteiger partial charge in [-0.05, 0) is 12.5 Å². The molecule has 0 aliphatic rings. The third kappa shape index (κ3) is 3.21. The molecule has 0 saturated heterocycles. The topological polar surface area (TPSA) is 59.0 Å². The van der Waals surface area contributed by atoms with E-state index in [0.717, 1.165) is 6.92 Å². The maximum atomic E-state index is 13.4. The van der Waals surface area contributed by atoms with E-state index in [0.29, 0.717) is 0 Å². The minimum atomic E-state index is -4.66. The van der Waals surface area contributed by atoms with Gasteiger partial charge in [-0.3, -0.25) is 10.00 Å². The number of benzene rings is 1. The van der Waals surface area contributed by atoms with Crippen LogP contribution in [0.3, 0.4) is 0 Å². The lowest BCUT2D eigenvalue weighted by molar-refractivity contribution is -0.191. The molecule has 1 atom stereocenters. The van der Waals surface area contributed by atoms with Crippen molar-refractivity contribution in [3.05, 3.63) is 48.2 Å². The molecule has 8 heteroatoms. The zero-order valence-corrected chi connectivity index (χ0v) is 12.0. The summed E-state index contributed by atoms with van der Waals surface area (Å²) >= 11 is 0. The third-order valence-electron chi connectivity index (χ3n) is 3.24. The number of anilines is 1. The number of urea groups is 1. The number of carbonyl (C=O) groups excluding carboxylic acids is 1. The van der Waals surface area contributed by atoms with Crippen molar-refractivity contribution in [2.75, 3.05) is 5.32 Å². The highest BCUT2D eigenvalue weighted by molar-refractivity contribution is 5.88. The number of alkyl halides is 3. The van der Waals surface area contributed by atoms with E-state index in [-0.39, 0.29) is 11.4 Å². The molecule has 0 aliphatic carbocycles.